The van der Waals surface area contributed by atoms with Gasteiger partial charge in [0.2, 0.25) is 15.9 Å². The first-order chi connectivity index (χ1) is 16.6. The van der Waals surface area contributed by atoms with Gasteiger partial charge < -0.3 is 14.8 Å². The summed E-state index contributed by atoms with van der Waals surface area (Å²) in [5.41, 5.74) is 1.08. The van der Waals surface area contributed by atoms with Crippen molar-refractivity contribution < 1.29 is 27.5 Å². The van der Waals surface area contributed by atoms with Crippen LogP contribution in [0.5, 0.6) is 11.5 Å². The number of benzene rings is 3. The number of nitrogens with zero attached hydrogens (tertiary/aromatic N) is 1. The summed E-state index contributed by atoms with van der Waals surface area (Å²) in [6.45, 7) is 2.19. The molecule has 3 aromatic carbocycles. The molecule has 1 heterocycles. The van der Waals surface area contributed by atoms with Gasteiger partial charge in [0.25, 0.3) is 0 Å². The molecule has 0 fully saturated rings. The third-order valence-electron chi connectivity index (χ3n) is 5.39. The van der Waals surface area contributed by atoms with Crippen LogP contribution in [0, 0.1) is 0 Å². The summed E-state index contributed by atoms with van der Waals surface area (Å²) >= 11 is 6.12. The van der Waals surface area contributed by atoms with Crippen LogP contribution in [0.15, 0.2) is 66.7 Å². The fourth-order valence-electron chi connectivity index (χ4n) is 3.77. The lowest BCUT2D eigenvalue weighted by molar-refractivity contribution is -0.116. The Balaban J connectivity index is 1.64. The molecule has 0 aromatic heterocycles. The van der Waals surface area contributed by atoms with E-state index in [4.69, 9.17) is 21.1 Å². The molecule has 0 bridgehead atoms. The van der Waals surface area contributed by atoms with Crippen LogP contribution in [0.1, 0.15) is 22.8 Å². The highest BCUT2D eigenvalue weighted by Gasteiger charge is 2.31. The van der Waals surface area contributed by atoms with E-state index in [0.717, 1.165) is 10.6 Å². The molecule has 3 aromatic rings. The lowest BCUT2D eigenvalue weighted by Gasteiger charge is -2.29. The molecule has 1 atom stereocenters. The number of anilines is 2. The maximum atomic E-state index is 13.2. The van der Waals surface area contributed by atoms with E-state index in [1.54, 1.807) is 48.5 Å². The molecule has 0 unspecified atom stereocenters. The van der Waals surface area contributed by atoms with Gasteiger partial charge in [0.1, 0.15) is 19.3 Å². The molecule has 1 aliphatic rings. The second kappa shape index (κ2) is 9.97. The molecule has 1 N–H and O–H groups in total. The number of ether oxygens (including phenoxy) is 2. The van der Waals surface area contributed by atoms with E-state index in [0.29, 0.717) is 35.3 Å². The average molecular weight is 515 g/mol. The van der Waals surface area contributed by atoms with E-state index < -0.39 is 22.0 Å². The van der Waals surface area contributed by atoms with Gasteiger partial charge >= 0.3 is 0 Å². The van der Waals surface area contributed by atoms with Crippen LogP contribution in [0.25, 0.3) is 0 Å². The predicted octanol–water partition coefficient (Wildman–Crippen LogP) is 4.14. The van der Waals surface area contributed by atoms with E-state index in [2.05, 4.69) is 5.32 Å². The molecule has 35 heavy (non-hydrogen) atoms. The molecule has 8 nitrogen and oxygen atoms in total. The van der Waals surface area contributed by atoms with Gasteiger partial charge in [0, 0.05) is 22.2 Å². The predicted molar refractivity (Wildman–Crippen MR) is 134 cm³/mol. The Morgan fingerprint density at radius 3 is 2.34 bits per heavy atom. The van der Waals surface area contributed by atoms with Crippen molar-refractivity contribution in [2.75, 3.05) is 29.1 Å². The number of fused-ring (bicyclic) bond motifs is 1. The fraction of sp³-hybridized carbons (Fsp3) is 0.200. The summed E-state index contributed by atoms with van der Waals surface area (Å²) in [6.07, 6.45) is 1.01. The first kappa shape index (κ1) is 24.6. The molecule has 0 saturated carbocycles. The number of halogens is 1. The summed E-state index contributed by atoms with van der Waals surface area (Å²) in [7, 11) is -3.87. The monoisotopic (exact) mass is 514 g/mol. The van der Waals surface area contributed by atoms with Gasteiger partial charge in [0.05, 0.1) is 17.6 Å². The first-order valence-corrected chi connectivity index (χ1v) is 13.0. The molecule has 10 heteroatoms. The van der Waals surface area contributed by atoms with E-state index in [9.17, 15) is 18.0 Å². The zero-order valence-electron chi connectivity index (χ0n) is 19.0. The van der Waals surface area contributed by atoms with Crippen molar-refractivity contribution in [3.05, 3.63) is 82.9 Å². The third kappa shape index (κ3) is 5.41. The van der Waals surface area contributed by atoms with Crippen molar-refractivity contribution in [2.24, 2.45) is 0 Å². The molecule has 0 spiro atoms. The number of carbonyl (C=O) groups excluding carboxylic acids is 2. The van der Waals surface area contributed by atoms with Crippen LogP contribution in [-0.2, 0) is 14.8 Å². The highest BCUT2D eigenvalue weighted by Crippen LogP contribution is 2.35. The van der Waals surface area contributed by atoms with Gasteiger partial charge in [-0.3, -0.25) is 13.9 Å². The highest BCUT2D eigenvalue weighted by atomic mass is 35.5. The Kier molecular flexibility index (Phi) is 7.00. The van der Waals surface area contributed by atoms with Crippen molar-refractivity contribution in [1.82, 2.24) is 0 Å². The van der Waals surface area contributed by atoms with Crippen molar-refractivity contribution in [3.63, 3.8) is 0 Å². The van der Waals surface area contributed by atoms with Gasteiger partial charge in [-0.2, -0.15) is 0 Å². The zero-order chi connectivity index (χ0) is 25.2. The van der Waals surface area contributed by atoms with Crippen LogP contribution < -0.4 is 19.1 Å². The maximum Gasteiger partial charge on any atom is 0.248 e. The Morgan fingerprint density at radius 1 is 0.971 bits per heavy atom. The summed E-state index contributed by atoms with van der Waals surface area (Å²) in [5, 5.41) is 3.02. The fourth-order valence-corrected chi connectivity index (χ4v) is 5.11. The SMILES string of the molecule is C[C@H](C(=O)Nc1ccc(Cl)cc1C(=O)c1ccccc1)N(c1ccc2c(c1)OCCO2)S(C)(=O)=O. The second-order valence-electron chi connectivity index (χ2n) is 7.94. The van der Waals surface area contributed by atoms with Crippen molar-refractivity contribution in [1.29, 1.82) is 0 Å². The van der Waals surface area contributed by atoms with Gasteiger partial charge in [-0.1, -0.05) is 41.9 Å². The second-order valence-corrected chi connectivity index (χ2v) is 10.2. The Labute approximate surface area is 208 Å². The van der Waals surface area contributed by atoms with Gasteiger partial charge in [-0.25, -0.2) is 8.42 Å². The van der Waals surface area contributed by atoms with Crippen LogP contribution in [0.2, 0.25) is 5.02 Å². The summed E-state index contributed by atoms with van der Waals surface area (Å²) in [5.74, 6) is -0.0724. The minimum atomic E-state index is -3.87. The Hall–Kier alpha value is -3.56. The molecular formula is C25H23ClN2O6S. The molecule has 0 saturated heterocycles. The highest BCUT2D eigenvalue weighted by molar-refractivity contribution is 7.92. The maximum absolute atomic E-state index is 13.2. The number of hydrogen-bond acceptors (Lipinski definition) is 6. The number of ketones is 1. The quantitative estimate of drug-likeness (QED) is 0.475. The first-order valence-electron chi connectivity index (χ1n) is 10.7. The van der Waals surface area contributed by atoms with Gasteiger partial charge in [0.15, 0.2) is 17.3 Å². The standard InChI is InChI=1S/C25H23ClN2O6S/c1-16(28(35(2,31)32)19-9-11-22-23(15-19)34-13-12-33-22)25(30)27-21-10-8-18(26)14-20(21)24(29)17-6-4-3-5-7-17/h3-11,14-16H,12-13H2,1-2H3,(H,27,30)/t16-/m1/s1. The molecule has 182 valence electrons. The lowest BCUT2D eigenvalue weighted by atomic mass is 10.0. The normalized spacial score (nSPS) is 13.6. The number of carbonyl (C=O) groups is 2. The van der Waals surface area contributed by atoms with E-state index >= 15 is 0 Å². The van der Waals surface area contributed by atoms with Crippen molar-refractivity contribution >= 4 is 44.7 Å². The van der Waals surface area contributed by atoms with E-state index in [1.807, 2.05) is 0 Å². The topological polar surface area (TPSA) is 102 Å². The minimum absolute atomic E-state index is 0.189. The minimum Gasteiger partial charge on any atom is -0.486 e. The van der Waals surface area contributed by atoms with Crippen LogP contribution in [0.4, 0.5) is 11.4 Å². The van der Waals surface area contributed by atoms with Crippen LogP contribution in [0.3, 0.4) is 0 Å². The molecule has 0 radical (unpaired) electrons. The number of nitrogens with one attached hydrogen (secondary N) is 1. The smallest absolute Gasteiger partial charge is 0.248 e. The van der Waals surface area contributed by atoms with Crippen LogP contribution >= 0.6 is 11.6 Å². The van der Waals surface area contributed by atoms with E-state index in [-0.39, 0.29) is 22.7 Å². The zero-order valence-corrected chi connectivity index (χ0v) is 20.6. The van der Waals surface area contributed by atoms with Gasteiger partial charge in [-0.05, 0) is 37.3 Å². The summed E-state index contributed by atoms with van der Waals surface area (Å²) in [6, 6.07) is 16.6. The van der Waals surface area contributed by atoms with Crippen molar-refractivity contribution in [2.45, 2.75) is 13.0 Å². The number of amides is 1. The van der Waals surface area contributed by atoms with Gasteiger partial charge in [-0.15, -0.1) is 0 Å². The molecule has 4 rings (SSSR count). The number of rotatable bonds is 7. The average Bonchev–Trinajstić information content (AvgIpc) is 2.84. The largest absolute Gasteiger partial charge is 0.486 e. The molecule has 0 aliphatic carbocycles. The number of sulfonamides is 1. The lowest BCUT2D eigenvalue weighted by Crippen LogP contribution is -2.45. The van der Waals surface area contributed by atoms with Crippen LogP contribution in [-0.4, -0.2) is 45.6 Å². The summed E-state index contributed by atoms with van der Waals surface area (Å²) in [4.78, 5) is 26.3. The van der Waals surface area contributed by atoms with Crippen molar-refractivity contribution in [3.8, 4) is 11.5 Å². The number of hydrogen-bond donors (Lipinski definition) is 1. The molecular weight excluding hydrogens is 492 g/mol. The third-order valence-corrected chi connectivity index (χ3v) is 6.87. The molecule has 1 aliphatic heterocycles. The Morgan fingerprint density at radius 2 is 1.66 bits per heavy atom. The Bertz CT molecular complexity index is 1380. The summed E-state index contributed by atoms with van der Waals surface area (Å²) < 4.78 is 37.5. The van der Waals surface area contributed by atoms with E-state index in [1.165, 1.54) is 25.1 Å². The molecule has 1 amide bonds.